The number of piperidine rings is 1. The van der Waals surface area contributed by atoms with Gasteiger partial charge in [0, 0.05) is 25.3 Å². The monoisotopic (exact) mass is 443 g/mol. The molecule has 2 aliphatic heterocycles. The van der Waals surface area contributed by atoms with E-state index in [1.165, 1.54) is 29.3 Å². The maximum absolute atomic E-state index is 12.8. The summed E-state index contributed by atoms with van der Waals surface area (Å²) in [5.41, 5.74) is 2.67. The molecule has 0 unspecified atom stereocenters. The third-order valence-corrected chi connectivity index (χ3v) is 7.60. The maximum atomic E-state index is 12.8. The van der Waals surface area contributed by atoms with Crippen LogP contribution in [0.1, 0.15) is 31.7 Å². The molecule has 2 aromatic rings. The van der Waals surface area contributed by atoms with Crippen molar-refractivity contribution >= 4 is 27.3 Å². The Kier molecular flexibility index (Phi) is 6.36. The van der Waals surface area contributed by atoms with Crippen molar-refractivity contribution in [1.29, 1.82) is 0 Å². The molecule has 1 fully saturated rings. The average Bonchev–Trinajstić information content (AvgIpc) is 2.82. The van der Waals surface area contributed by atoms with E-state index in [4.69, 9.17) is 4.74 Å². The highest BCUT2D eigenvalue weighted by Crippen LogP contribution is 2.35. The van der Waals surface area contributed by atoms with Gasteiger partial charge in [-0.3, -0.25) is 9.10 Å². The Morgan fingerprint density at radius 2 is 1.77 bits per heavy atom. The summed E-state index contributed by atoms with van der Waals surface area (Å²) in [6.07, 6.45) is 2.86. The summed E-state index contributed by atoms with van der Waals surface area (Å²) in [4.78, 5) is 15.2. The van der Waals surface area contributed by atoms with Crippen molar-refractivity contribution in [1.82, 2.24) is 5.32 Å². The summed E-state index contributed by atoms with van der Waals surface area (Å²) in [5, 5.41) is 2.89. The zero-order chi connectivity index (χ0) is 21.8. The predicted molar refractivity (Wildman–Crippen MR) is 122 cm³/mol. The van der Waals surface area contributed by atoms with Crippen LogP contribution < -0.4 is 19.3 Å². The molecule has 2 aliphatic rings. The molecule has 0 aromatic heterocycles. The minimum absolute atomic E-state index is 0.0348. The van der Waals surface area contributed by atoms with Gasteiger partial charge in [0.1, 0.15) is 5.75 Å². The number of nitrogens with zero attached hydrogens (tertiary/aromatic N) is 2. The molecule has 1 N–H and O–H groups in total. The summed E-state index contributed by atoms with van der Waals surface area (Å²) in [6.45, 7) is 4.10. The highest BCUT2D eigenvalue weighted by atomic mass is 32.2. The van der Waals surface area contributed by atoms with Crippen LogP contribution >= 0.6 is 0 Å². The van der Waals surface area contributed by atoms with Crippen molar-refractivity contribution in [2.24, 2.45) is 0 Å². The van der Waals surface area contributed by atoms with E-state index in [1.807, 2.05) is 12.1 Å². The summed E-state index contributed by atoms with van der Waals surface area (Å²) in [7, 11) is -3.52. The summed E-state index contributed by atoms with van der Waals surface area (Å²) < 4.78 is 32.2. The molecule has 0 radical (unpaired) electrons. The molecule has 0 spiro atoms. The van der Waals surface area contributed by atoms with E-state index in [0.717, 1.165) is 18.7 Å². The molecule has 8 heteroatoms. The Morgan fingerprint density at radius 3 is 2.48 bits per heavy atom. The van der Waals surface area contributed by atoms with Gasteiger partial charge in [0.15, 0.2) is 6.10 Å². The number of sulfonamides is 1. The van der Waals surface area contributed by atoms with Gasteiger partial charge in [0.05, 0.1) is 18.0 Å². The van der Waals surface area contributed by atoms with Gasteiger partial charge in [-0.25, -0.2) is 8.42 Å². The molecule has 0 bridgehead atoms. The summed E-state index contributed by atoms with van der Waals surface area (Å²) >= 11 is 0. The number of ether oxygens (including phenoxy) is 1. The number of para-hydroxylation sites is 2. The van der Waals surface area contributed by atoms with Crippen LogP contribution in [0.4, 0.5) is 11.4 Å². The molecular weight excluding hydrogens is 414 g/mol. The Bertz CT molecular complexity index is 1020. The summed E-state index contributed by atoms with van der Waals surface area (Å²) in [6, 6.07) is 15.1. The number of amides is 1. The lowest BCUT2D eigenvalue weighted by atomic mass is 10.1. The van der Waals surface area contributed by atoms with Crippen molar-refractivity contribution in [2.75, 3.05) is 34.6 Å². The van der Waals surface area contributed by atoms with Crippen molar-refractivity contribution in [2.45, 2.75) is 38.8 Å². The van der Waals surface area contributed by atoms with E-state index < -0.39 is 16.1 Å². The highest BCUT2D eigenvalue weighted by Gasteiger charge is 2.35. The number of hydrogen-bond donors (Lipinski definition) is 1. The van der Waals surface area contributed by atoms with Gasteiger partial charge in [-0.15, -0.1) is 0 Å². The van der Waals surface area contributed by atoms with Crippen LogP contribution in [-0.4, -0.2) is 45.8 Å². The Morgan fingerprint density at radius 1 is 1.06 bits per heavy atom. The normalized spacial score (nSPS) is 18.8. The number of rotatable bonds is 6. The molecule has 0 saturated carbocycles. The van der Waals surface area contributed by atoms with Gasteiger partial charge in [-0.1, -0.05) is 24.3 Å². The van der Waals surface area contributed by atoms with Crippen LogP contribution in [0.5, 0.6) is 5.75 Å². The fourth-order valence-electron chi connectivity index (χ4n) is 4.04. The molecule has 0 aliphatic carbocycles. The van der Waals surface area contributed by atoms with Gasteiger partial charge < -0.3 is 15.0 Å². The lowest BCUT2D eigenvalue weighted by molar-refractivity contribution is -0.127. The smallest absolute Gasteiger partial charge is 0.263 e. The predicted octanol–water partition coefficient (Wildman–Crippen LogP) is 2.91. The van der Waals surface area contributed by atoms with Gasteiger partial charge in [0.2, 0.25) is 10.0 Å². The first kappa shape index (κ1) is 21.5. The lowest BCUT2D eigenvalue weighted by Crippen LogP contribution is -2.50. The van der Waals surface area contributed by atoms with Gasteiger partial charge in [-0.2, -0.15) is 0 Å². The van der Waals surface area contributed by atoms with E-state index in [9.17, 15) is 13.2 Å². The second-order valence-electron chi connectivity index (χ2n) is 7.94. The van der Waals surface area contributed by atoms with Crippen molar-refractivity contribution in [3.8, 4) is 5.75 Å². The average molecular weight is 444 g/mol. The van der Waals surface area contributed by atoms with E-state index in [0.29, 0.717) is 18.0 Å². The van der Waals surface area contributed by atoms with Crippen LogP contribution in [0.2, 0.25) is 0 Å². The minimum Gasteiger partial charge on any atom is -0.476 e. The number of benzene rings is 2. The van der Waals surface area contributed by atoms with Gasteiger partial charge in [0.25, 0.3) is 5.91 Å². The van der Waals surface area contributed by atoms with Crippen LogP contribution in [0.25, 0.3) is 0 Å². The largest absolute Gasteiger partial charge is 0.476 e. The first-order valence-corrected chi connectivity index (χ1v) is 12.5. The van der Waals surface area contributed by atoms with E-state index in [-0.39, 0.29) is 18.2 Å². The molecule has 1 amide bonds. The molecule has 2 heterocycles. The lowest BCUT2D eigenvalue weighted by Gasteiger charge is -2.34. The molecule has 7 nitrogen and oxygen atoms in total. The summed E-state index contributed by atoms with van der Waals surface area (Å²) in [5.74, 6) is 0.0293. The fraction of sp³-hybridized carbons (Fsp3) is 0.435. The second kappa shape index (κ2) is 9.18. The minimum atomic E-state index is -3.52. The molecule has 1 atom stereocenters. The number of nitrogens with one attached hydrogen (secondary N) is 1. The van der Waals surface area contributed by atoms with Crippen LogP contribution in [0, 0.1) is 0 Å². The second-order valence-corrected chi connectivity index (χ2v) is 10.1. The maximum Gasteiger partial charge on any atom is 0.263 e. The molecule has 166 valence electrons. The SMILES string of the molecule is CCS(=O)(=O)N1C[C@H](C(=O)NCc2ccc(N3CCCCC3)cc2)Oc2ccccc21. The van der Waals surface area contributed by atoms with Crippen molar-refractivity contribution < 1.29 is 17.9 Å². The molecule has 4 rings (SSSR count). The molecular formula is C23H29N3O4S. The first-order valence-electron chi connectivity index (χ1n) is 10.9. The van der Waals surface area contributed by atoms with Crippen molar-refractivity contribution in [3.05, 3.63) is 54.1 Å². The zero-order valence-electron chi connectivity index (χ0n) is 17.8. The fourth-order valence-corrected chi connectivity index (χ4v) is 5.16. The molecule has 2 aromatic carbocycles. The number of anilines is 2. The Balaban J connectivity index is 1.40. The third-order valence-electron chi connectivity index (χ3n) is 5.85. The first-order chi connectivity index (χ1) is 15.0. The highest BCUT2D eigenvalue weighted by molar-refractivity contribution is 7.92. The van der Waals surface area contributed by atoms with Crippen LogP contribution in [-0.2, 0) is 21.4 Å². The van der Waals surface area contributed by atoms with Crippen LogP contribution in [0.3, 0.4) is 0 Å². The number of fused-ring (bicyclic) bond motifs is 1. The molecule has 31 heavy (non-hydrogen) atoms. The number of carbonyl (C=O) groups excluding carboxylic acids is 1. The van der Waals surface area contributed by atoms with Gasteiger partial charge in [-0.05, 0) is 56.0 Å². The molecule has 1 saturated heterocycles. The number of carbonyl (C=O) groups is 1. The van der Waals surface area contributed by atoms with E-state index in [2.05, 4.69) is 22.3 Å². The number of hydrogen-bond acceptors (Lipinski definition) is 5. The van der Waals surface area contributed by atoms with Gasteiger partial charge >= 0.3 is 0 Å². The van der Waals surface area contributed by atoms with Crippen molar-refractivity contribution in [3.63, 3.8) is 0 Å². The third kappa shape index (κ3) is 4.79. The topological polar surface area (TPSA) is 79.0 Å². The standard InChI is InChI=1S/C23H29N3O4S/c1-2-31(28,29)26-17-22(30-21-9-5-4-8-20(21)26)23(27)24-16-18-10-12-19(13-11-18)25-14-6-3-7-15-25/h4-5,8-13,22H,2-3,6-7,14-17H2,1H3,(H,24,27)/t22-/m1/s1. The van der Waals surface area contributed by atoms with Crippen LogP contribution in [0.15, 0.2) is 48.5 Å². The van der Waals surface area contributed by atoms with E-state index in [1.54, 1.807) is 31.2 Å². The van der Waals surface area contributed by atoms with E-state index >= 15 is 0 Å². The Labute approximate surface area is 184 Å². The zero-order valence-corrected chi connectivity index (χ0v) is 18.6. The Hall–Kier alpha value is -2.74. The quantitative estimate of drug-likeness (QED) is 0.743.